The Hall–Kier alpha value is -2.69. The van der Waals surface area contributed by atoms with Gasteiger partial charge in [0.15, 0.2) is 0 Å². The molecule has 3 aromatic rings. The molecule has 0 spiro atoms. The third kappa shape index (κ3) is 4.83. The maximum atomic E-state index is 13.2. The van der Waals surface area contributed by atoms with Crippen LogP contribution in [-0.2, 0) is 27.8 Å². The number of aromatic nitrogens is 1. The first-order valence-electron chi connectivity index (χ1n) is 10.9. The van der Waals surface area contributed by atoms with E-state index < -0.39 is 10.0 Å². The predicted octanol–water partition coefficient (Wildman–Crippen LogP) is 2.56. The lowest BCUT2D eigenvalue weighted by molar-refractivity contribution is -0.131. The minimum absolute atomic E-state index is 0.0272. The number of ether oxygens (including phenoxy) is 1. The van der Waals surface area contributed by atoms with Crippen molar-refractivity contribution >= 4 is 37.5 Å². The second kappa shape index (κ2) is 9.66. The molecule has 0 bridgehead atoms. The van der Waals surface area contributed by atoms with Gasteiger partial charge in [-0.3, -0.25) is 14.2 Å². The van der Waals surface area contributed by atoms with E-state index in [9.17, 15) is 18.0 Å². The van der Waals surface area contributed by atoms with Gasteiger partial charge in [-0.1, -0.05) is 30.4 Å². The maximum Gasteiger partial charge on any atom is 0.308 e. The molecule has 1 aliphatic rings. The van der Waals surface area contributed by atoms with Gasteiger partial charge in [0.1, 0.15) is 5.75 Å². The van der Waals surface area contributed by atoms with Gasteiger partial charge >= 0.3 is 4.87 Å². The van der Waals surface area contributed by atoms with Gasteiger partial charge in [0.25, 0.3) is 0 Å². The lowest BCUT2D eigenvalue weighted by Crippen LogP contribution is -2.50. The molecule has 8 nitrogen and oxygen atoms in total. The summed E-state index contributed by atoms with van der Waals surface area (Å²) < 4.78 is 35.3. The Balaban J connectivity index is 1.43. The van der Waals surface area contributed by atoms with Crippen molar-refractivity contribution in [2.24, 2.45) is 0 Å². The highest BCUT2D eigenvalue weighted by Crippen LogP contribution is 2.25. The zero-order valence-electron chi connectivity index (χ0n) is 18.7. The van der Waals surface area contributed by atoms with E-state index in [1.807, 2.05) is 31.2 Å². The Morgan fingerprint density at radius 3 is 2.39 bits per heavy atom. The van der Waals surface area contributed by atoms with Crippen molar-refractivity contribution < 1.29 is 17.9 Å². The third-order valence-electron chi connectivity index (χ3n) is 5.83. The maximum absolute atomic E-state index is 13.2. The van der Waals surface area contributed by atoms with E-state index in [2.05, 4.69) is 0 Å². The second-order valence-electron chi connectivity index (χ2n) is 7.96. The van der Waals surface area contributed by atoms with Gasteiger partial charge in [0.05, 0.1) is 28.6 Å². The van der Waals surface area contributed by atoms with Crippen LogP contribution in [0.25, 0.3) is 10.2 Å². The molecule has 33 heavy (non-hydrogen) atoms. The van der Waals surface area contributed by atoms with Crippen LogP contribution in [-0.4, -0.2) is 61.4 Å². The molecule has 4 rings (SSSR count). The fourth-order valence-electron chi connectivity index (χ4n) is 4.00. The molecule has 0 unspecified atom stereocenters. The van der Waals surface area contributed by atoms with Crippen molar-refractivity contribution in [3.63, 3.8) is 0 Å². The van der Waals surface area contributed by atoms with E-state index in [4.69, 9.17) is 4.74 Å². The quantitative estimate of drug-likeness (QED) is 0.509. The van der Waals surface area contributed by atoms with Crippen LogP contribution in [0, 0.1) is 0 Å². The molecule has 1 amide bonds. The molecule has 0 N–H and O–H groups in total. The molecular weight excluding hydrogens is 462 g/mol. The molecule has 2 heterocycles. The number of methoxy groups -OCH3 is 1. The van der Waals surface area contributed by atoms with Crippen LogP contribution in [0.4, 0.5) is 0 Å². The van der Waals surface area contributed by atoms with Crippen LogP contribution in [0.3, 0.4) is 0 Å². The molecule has 176 valence electrons. The van der Waals surface area contributed by atoms with E-state index in [0.29, 0.717) is 24.3 Å². The van der Waals surface area contributed by atoms with E-state index in [1.165, 1.54) is 4.31 Å². The van der Waals surface area contributed by atoms with Crippen molar-refractivity contribution in [3.05, 3.63) is 57.7 Å². The number of amides is 1. The Labute approximate surface area is 197 Å². The average molecular weight is 490 g/mol. The monoisotopic (exact) mass is 489 g/mol. The fourth-order valence-corrected chi connectivity index (χ4v) is 6.48. The van der Waals surface area contributed by atoms with Crippen LogP contribution >= 0.6 is 11.3 Å². The second-order valence-corrected chi connectivity index (χ2v) is 10.9. The minimum Gasteiger partial charge on any atom is -0.497 e. The molecule has 0 radical (unpaired) electrons. The molecule has 0 atom stereocenters. The number of rotatable bonds is 7. The Kier molecular flexibility index (Phi) is 6.87. The van der Waals surface area contributed by atoms with E-state index in [-0.39, 0.29) is 35.2 Å². The molecule has 10 heteroatoms. The summed E-state index contributed by atoms with van der Waals surface area (Å²) in [7, 11) is -2.12. The summed E-state index contributed by atoms with van der Waals surface area (Å²) in [5.74, 6) is 0.707. The van der Waals surface area contributed by atoms with Gasteiger partial charge in [-0.25, -0.2) is 8.42 Å². The summed E-state index contributed by atoms with van der Waals surface area (Å²) in [6, 6.07) is 12.2. The van der Waals surface area contributed by atoms with E-state index in [0.717, 1.165) is 34.6 Å². The number of fused-ring (bicyclic) bond motifs is 1. The molecule has 1 saturated heterocycles. The standard InChI is InChI=1S/C23H27N3O5S2/c1-3-10-26-20-9-8-19(16-21(20)32-23(26)28)33(29,30)25-13-11-24(12-14-25)22(27)15-17-4-6-18(31-2)7-5-17/h4-9,16H,3,10-15H2,1-2H3. The third-order valence-corrected chi connectivity index (χ3v) is 8.67. The van der Waals surface area contributed by atoms with Crippen LogP contribution < -0.4 is 9.61 Å². The number of aryl methyl sites for hydroxylation is 1. The summed E-state index contributed by atoms with van der Waals surface area (Å²) in [6.45, 7) is 3.77. The zero-order valence-corrected chi connectivity index (χ0v) is 20.3. The number of sulfonamides is 1. The van der Waals surface area contributed by atoms with Gasteiger partial charge in [0, 0.05) is 32.7 Å². The zero-order chi connectivity index (χ0) is 23.6. The lowest BCUT2D eigenvalue weighted by Gasteiger charge is -2.34. The average Bonchev–Trinajstić information content (AvgIpc) is 3.14. The number of hydrogen-bond acceptors (Lipinski definition) is 6. The fraction of sp³-hybridized carbons (Fsp3) is 0.391. The molecule has 1 aliphatic heterocycles. The number of thiazole rings is 1. The molecule has 1 aromatic heterocycles. The van der Waals surface area contributed by atoms with Gasteiger partial charge in [-0.2, -0.15) is 4.31 Å². The lowest BCUT2D eigenvalue weighted by atomic mass is 10.1. The van der Waals surface area contributed by atoms with E-state index in [1.54, 1.807) is 34.8 Å². The van der Waals surface area contributed by atoms with Crippen molar-refractivity contribution in [1.82, 2.24) is 13.8 Å². The molecule has 0 aliphatic carbocycles. The molecule has 2 aromatic carbocycles. The number of carbonyl (C=O) groups is 1. The van der Waals surface area contributed by atoms with Gasteiger partial charge < -0.3 is 9.64 Å². The molecule has 1 fully saturated rings. The van der Waals surface area contributed by atoms with Gasteiger partial charge in [-0.15, -0.1) is 0 Å². The van der Waals surface area contributed by atoms with Crippen LogP contribution in [0.2, 0.25) is 0 Å². The summed E-state index contributed by atoms with van der Waals surface area (Å²) in [5.41, 5.74) is 1.65. The molecular formula is C23H27N3O5S2. The summed E-state index contributed by atoms with van der Waals surface area (Å²) in [6.07, 6.45) is 1.09. The topological polar surface area (TPSA) is 88.9 Å². The first-order chi connectivity index (χ1) is 15.8. The van der Waals surface area contributed by atoms with E-state index >= 15 is 0 Å². The van der Waals surface area contributed by atoms with Crippen molar-refractivity contribution in [2.75, 3.05) is 33.3 Å². The van der Waals surface area contributed by atoms with Gasteiger partial charge in [-0.05, 0) is 42.3 Å². The highest BCUT2D eigenvalue weighted by molar-refractivity contribution is 7.89. The van der Waals surface area contributed by atoms with Crippen LogP contribution in [0.1, 0.15) is 18.9 Å². The first kappa shape index (κ1) is 23.5. The number of hydrogen-bond donors (Lipinski definition) is 0. The number of nitrogens with zero attached hydrogens (tertiary/aromatic N) is 3. The number of benzene rings is 2. The largest absolute Gasteiger partial charge is 0.497 e. The Bertz CT molecular complexity index is 1300. The summed E-state index contributed by atoms with van der Waals surface area (Å²) in [5, 5.41) is 0. The SMILES string of the molecule is CCCn1c(=O)sc2cc(S(=O)(=O)N3CCN(C(=O)Cc4ccc(OC)cc4)CC3)ccc21. The summed E-state index contributed by atoms with van der Waals surface area (Å²) in [4.78, 5) is 26.7. The van der Waals surface area contributed by atoms with Crippen molar-refractivity contribution in [3.8, 4) is 5.75 Å². The highest BCUT2D eigenvalue weighted by Gasteiger charge is 2.30. The van der Waals surface area contributed by atoms with Crippen molar-refractivity contribution in [1.29, 1.82) is 0 Å². The predicted molar refractivity (Wildman–Crippen MR) is 128 cm³/mol. The van der Waals surface area contributed by atoms with Gasteiger partial charge in [0.2, 0.25) is 15.9 Å². The number of piperazine rings is 1. The normalized spacial score (nSPS) is 15.2. The van der Waals surface area contributed by atoms with Crippen LogP contribution in [0.15, 0.2) is 52.2 Å². The Morgan fingerprint density at radius 1 is 1.06 bits per heavy atom. The Morgan fingerprint density at radius 2 is 1.76 bits per heavy atom. The summed E-state index contributed by atoms with van der Waals surface area (Å²) >= 11 is 1.07. The molecule has 0 saturated carbocycles. The smallest absolute Gasteiger partial charge is 0.308 e. The highest BCUT2D eigenvalue weighted by atomic mass is 32.2. The minimum atomic E-state index is -3.71. The first-order valence-corrected chi connectivity index (χ1v) is 13.1. The van der Waals surface area contributed by atoms with Crippen molar-refractivity contribution in [2.45, 2.75) is 31.2 Å². The van der Waals surface area contributed by atoms with Crippen LogP contribution in [0.5, 0.6) is 5.75 Å². The number of carbonyl (C=O) groups excluding carboxylic acids is 1.